The maximum absolute atomic E-state index is 9.73. The van der Waals surface area contributed by atoms with E-state index in [1.165, 1.54) is 0 Å². The van der Waals surface area contributed by atoms with Gasteiger partial charge in [-0.2, -0.15) is 0 Å². The molecule has 1 aromatic carbocycles. The lowest BCUT2D eigenvalue weighted by molar-refractivity contribution is 0.467. The number of hydrogen-bond acceptors (Lipinski definition) is 3. The van der Waals surface area contributed by atoms with E-state index in [4.69, 9.17) is 0 Å². The van der Waals surface area contributed by atoms with Gasteiger partial charge in [0.1, 0.15) is 17.4 Å². The summed E-state index contributed by atoms with van der Waals surface area (Å²) in [6.45, 7) is 3.26. The van der Waals surface area contributed by atoms with Crippen molar-refractivity contribution in [2.45, 2.75) is 32.7 Å². The molecule has 2 heterocycles. The van der Waals surface area contributed by atoms with Crippen molar-refractivity contribution in [3.63, 3.8) is 0 Å². The Morgan fingerprint density at radius 3 is 2.94 bits per heavy atom. The second-order valence-corrected chi connectivity index (χ2v) is 5.08. The van der Waals surface area contributed by atoms with Gasteiger partial charge in [-0.05, 0) is 24.0 Å². The zero-order valence-corrected chi connectivity index (χ0v) is 10.5. The van der Waals surface area contributed by atoms with Gasteiger partial charge in [-0.3, -0.25) is 0 Å². The Bertz CT molecular complexity index is 562. The molecule has 0 spiro atoms. The lowest BCUT2D eigenvalue weighted by atomic mass is 10.1. The summed E-state index contributed by atoms with van der Waals surface area (Å²) in [7, 11) is 0. The van der Waals surface area contributed by atoms with Gasteiger partial charge in [0.15, 0.2) is 0 Å². The molecule has 1 aliphatic rings. The number of para-hydroxylation sites is 1. The number of aromatic hydroxyl groups is 1. The number of aryl methyl sites for hydroxylation is 2. The topological polar surface area (TPSA) is 50.9 Å². The molecule has 0 aliphatic carbocycles. The molecule has 4 nitrogen and oxygen atoms in total. The lowest BCUT2D eigenvalue weighted by Gasteiger charge is -2.06. The number of hydrogen-bond donors (Lipinski definition) is 1. The molecule has 0 saturated heterocycles. The van der Waals surface area contributed by atoms with E-state index in [-0.39, 0.29) is 0 Å². The molecule has 1 N–H and O–H groups in total. The zero-order valence-electron chi connectivity index (χ0n) is 10.5. The first-order valence-corrected chi connectivity index (χ1v) is 6.42. The molecule has 18 heavy (non-hydrogen) atoms. The van der Waals surface area contributed by atoms with Crippen LogP contribution in [-0.2, 0) is 25.8 Å². The van der Waals surface area contributed by atoms with Gasteiger partial charge in [0, 0.05) is 19.4 Å². The number of phenolic OH excluding ortho intramolecular Hbond substituents is 1. The Balaban J connectivity index is 1.73. The smallest absolute Gasteiger partial charge is 0.133 e. The minimum atomic E-state index is 0.368. The van der Waals surface area contributed by atoms with Gasteiger partial charge in [0.2, 0.25) is 0 Å². The van der Waals surface area contributed by atoms with Crippen LogP contribution in [0.15, 0.2) is 24.3 Å². The Morgan fingerprint density at radius 1 is 1.28 bits per heavy atom. The van der Waals surface area contributed by atoms with E-state index < -0.39 is 0 Å². The van der Waals surface area contributed by atoms with E-state index >= 15 is 0 Å². The fourth-order valence-corrected chi connectivity index (χ4v) is 2.58. The van der Waals surface area contributed by atoms with Gasteiger partial charge in [-0.15, -0.1) is 10.2 Å². The number of aromatic nitrogens is 3. The van der Waals surface area contributed by atoms with Crippen LogP contribution in [0, 0.1) is 5.92 Å². The summed E-state index contributed by atoms with van der Waals surface area (Å²) in [5.74, 6) is 3.18. The van der Waals surface area contributed by atoms with E-state index in [2.05, 4.69) is 21.7 Å². The van der Waals surface area contributed by atoms with Crippen LogP contribution in [0.3, 0.4) is 0 Å². The third-order valence-electron chi connectivity index (χ3n) is 3.54. The Kier molecular flexibility index (Phi) is 2.78. The van der Waals surface area contributed by atoms with Gasteiger partial charge in [0.25, 0.3) is 0 Å². The highest BCUT2D eigenvalue weighted by Gasteiger charge is 2.22. The molecule has 0 saturated carbocycles. The van der Waals surface area contributed by atoms with Crippen LogP contribution < -0.4 is 0 Å². The summed E-state index contributed by atoms with van der Waals surface area (Å²) in [5.41, 5.74) is 0.973. The number of phenols is 1. The highest BCUT2D eigenvalue weighted by atomic mass is 16.3. The molecular weight excluding hydrogens is 226 g/mol. The van der Waals surface area contributed by atoms with Crippen LogP contribution >= 0.6 is 0 Å². The summed E-state index contributed by atoms with van der Waals surface area (Å²) in [6, 6.07) is 7.48. The van der Waals surface area contributed by atoms with Crippen LogP contribution in [-0.4, -0.2) is 19.9 Å². The van der Waals surface area contributed by atoms with Crippen LogP contribution in [0.5, 0.6) is 5.75 Å². The molecule has 1 aliphatic heterocycles. The third kappa shape index (κ3) is 1.98. The predicted molar refractivity (Wildman–Crippen MR) is 68.4 cm³/mol. The van der Waals surface area contributed by atoms with Crippen molar-refractivity contribution in [1.29, 1.82) is 0 Å². The standard InChI is InChI=1S/C14H17N3O/c1-10-8-14-16-15-13(17(14)9-10)7-6-11-4-2-3-5-12(11)18/h2-5,10,18H,6-9H2,1H3. The normalized spacial score (nSPS) is 17.9. The number of fused-ring (bicyclic) bond motifs is 1. The van der Waals surface area contributed by atoms with Gasteiger partial charge in [-0.25, -0.2) is 0 Å². The molecule has 1 unspecified atom stereocenters. The maximum atomic E-state index is 9.73. The molecule has 0 radical (unpaired) electrons. The Labute approximate surface area is 106 Å². The quantitative estimate of drug-likeness (QED) is 0.896. The summed E-state index contributed by atoms with van der Waals surface area (Å²) in [6.07, 6.45) is 2.67. The maximum Gasteiger partial charge on any atom is 0.133 e. The van der Waals surface area contributed by atoms with E-state index in [1.54, 1.807) is 6.07 Å². The van der Waals surface area contributed by atoms with E-state index in [9.17, 15) is 5.11 Å². The first-order chi connectivity index (χ1) is 8.74. The largest absolute Gasteiger partial charge is 0.508 e. The van der Waals surface area contributed by atoms with E-state index in [1.807, 2.05) is 18.2 Å². The molecule has 0 fully saturated rings. The number of rotatable bonds is 3. The second-order valence-electron chi connectivity index (χ2n) is 5.08. The van der Waals surface area contributed by atoms with Gasteiger partial charge in [-0.1, -0.05) is 25.1 Å². The SMILES string of the molecule is CC1Cc2nnc(CCc3ccccc3O)n2C1. The lowest BCUT2D eigenvalue weighted by Crippen LogP contribution is -2.05. The predicted octanol–water partition coefficient (Wildman–Crippen LogP) is 1.96. The van der Waals surface area contributed by atoms with Crippen molar-refractivity contribution in [2.75, 3.05) is 0 Å². The first-order valence-electron chi connectivity index (χ1n) is 6.42. The van der Waals surface area contributed by atoms with Crippen LogP contribution in [0.25, 0.3) is 0 Å². The molecular formula is C14H17N3O. The first kappa shape index (κ1) is 11.3. The zero-order chi connectivity index (χ0) is 12.5. The number of nitrogens with zero attached hydrogens (tertiary/aromatic N) is 3. The monoisotopic (exact) mass is 243 g/mol. The van der Waals surface area contributed by atoms with Gasteiger partial charge < -0.3 is 9.67 Å². The van der Waals surface area contributed by atoms with Crippen molar-refractivity contribution < 1.29 is 5.11 Å². The highest BCUT2D eigenvalue weighted by Crippen LogP contribution is 2.22. The van der Waals surface area contributed by atoms with Gasteiger partial charge in [0.05, 0.1) is 0 Å². The van der Waals surface area contributed by atoms with Crippen LogP contribution in [0.1, 0.15) is 24.1 Å². The summed E-state index contributed by atoms with van der Waals surface area (Å²) in [4.78, 5) is 0. The number of benzene rings is 1. The molecule has 2 aromatic rings. The van der Waals surface area contributed by atoms with Crippen LogP contribution in [0.2, 0.25) is 0 Å². The van der Waals surface area contributed by atoms with Crippen molar-refractivity contribution >= 4 is 0 Å². The molecule has 0 amide bonds. The molecule has 94 valence electrons. The van der Waals surface area contributed by atoms with Crippen LogP contribution in [0.4, 0.5) is 0 Å². The van der Waals surface area contributed by atoms with E-state index in [0.29, 0.717) is 11.7 Å². The minimum absolute atomic E-state index is 0.368. The summed E-state index contributed by atoms with van der Waals surface area (Å²) < 4.78 is 2.23. The molecule has 0 bridgehead atoms. The average Bonchev–Trinajstić information content (AvgIpc) is 2.88. The molecule has 1 atom stereocenters. The molecule has 4 heteroatoms. The summed E-state index contributed by atoms with van der Waals surface area (Å²) in [5, 5.41) is 18.2. The average molecular weight is 243 g/mol. The molecule has 3 rings (SSSR count). The van der Waals surface area contributed by atoms with Gasteiger partial charge >= 0.3 is 0 Å². The second kappa shape index (κ2) is 4.44. The van der Waals surface area contributed by atoms with E-state index in [0.717, 1.165) is 43.0 Å². The van der Waals surface area contributed by atoms with Crippen molar-refractivity contribution in [3.05, 3.63) is 41.5 Å². The van der Waals surface area contributed by atoms with Crippen molar-refractivity contribution in [1.82, 2.24) is 14.8 Å². The third-order valence-corrected chi connectivity index (χ3v) is 3.54. The fourth-order valence-electron chi connectivity index (χ4n) is 2.58. The summed E-state index contributed by atoms with van der Waals surface area (Å²) >= 11 is 0. The molecule has 1 aromatic heterocycles. The van der Waals surface area contributed by atoms with Crippen molar-refractivity contribution in [2.24, 2.45) is 5.92 Å². The minimum Gasteiger partial charge on any atom is -0.508 e. The Hall–Kier alpha value is -1.84. The highest BCUT2D eigenvalue weighted by molar-refractivity contribution is 5.32. The fraction of sp³-hybridized carbons (Fsp3) is 0.429. The van der Waals surface area contributed by atoms with Crippen molar-refractivity contribution in [3.8, 4) is 5.75 Å². The Morgan fingerprint density at radius 2 is 2.11 bits per heavy atom.